The number of hydrogen-bond acceptors (Lipinski definition) is 4. The minimum Gasteiger partial charge on any atom is -0.481 e. The Morgan fingerprint density at radius 1 is 1.25 bits per heavy atom. The maximum Gasteiger partial charge on any atom is 0.304 e. The second-order valence-electron chi connectivity index (χ2n) is 4.35. The van der Waals surface area contributed by atoms with Crippen LogP contribution in [0.4, 0.5) is 0 Å². The second-order valence-corrected chi connectivity index (χ2v) is 4.35. The van der Waals surface area contributed by atoms with Gasteiger partial charge in [-0.1, -0.05) is 6.92 Å². The van der Waals surface area contributed by atoms with E-state index in [-0.39, 0.29) is 12.5 Å². The Morgan fingerprint density at radius 2 is 1.81 bits per heavy atom. The van der Waals surface area contributed by atoms with Gasteiger partial charge in [-0.2, -0.15) is 0 Å². The molecule has 5 nitrogen and oxygen atoms in total. The van der Waals surface area contributed by atoms with Crippen LogP contribution in [-0.4, -0.2) is 71.4 Å². The lowest BCUT2D eigenvalue weighted by Gasteiger charge is -2.35. The van der Waals surface area contributed by atoms with Crippen molar-refractivity contribution in [2.75, 3.05) is 39.3 Å². The zero-order chi connectivity index (χ0) is 12.0. The van der Waals surface area contributed by atoms with Gasteiger partial charge in [-0.3, -0.25) is 9.69 Å². The third-order valence-corrected chi connectivity index (χ3v) is 3.05. The molecule has 1 fully saturated rings. The number of carboxylic acid groups (broad SMARTS) is 1. The molecule has 1 heterocycles. The fourth-order valence-electron chi connectivity index (χ4n) is 1.88. The van der Waals surface area contributed by atoms with Gasteiger partial charge in [0, 0.05) is 39.3 Å². The number of carboxylic acids is 1. The highest BCUT2D eigenvalue weighted by molar-refractivity contribution is 5.66. The summed E-state index contributed by atoms with van der Waals surface area (Å²) in [5.74, 6) is -0.733. The Hall–Kier alpha value is -0.650. The summed E-state index contributed by atoms with van der Waals surface area (Å²) in [6, 6.07) is 0. The Balaban J connectivity index is 2.15. The van der Waals surface area contributed by atoms with E-state index in [2.05, 4.69) is 9.80 Å². The van der Waals surface area contributed by atoms with Crippen molar-refractivity contribution in [3.63, 3.8) is 0 Å². The van der Waals surface area contributed by atoms with Gasteiger partial charge in [0.15, 0.2) is 0 Å². The summed E-state index contributed by atoms with van der Waals surface area (Å²) >= 11 is 0. The van der Waals surface area contributed by atoms with Crippen molar-refractivity contribution in [2.24, 2.45) is 0 Å². The van der Waals surface area contributed by atoms with Gasteiger partial charge in [-0.15, -0.1) is 0 Å². The predicted molar refractivity (Wildman–Crippen MR) is 61.4 cm³/mol. The monoisotopic (exact) mass is 230 g/mol. The molecule has 1 aliphatic rings. The molecular weight excluding hydrogens is 208 g/mol. The second kappa shape index (κ2) is 6.83. The summed E-state index contributed by atoms with van der Waals surface area (Å²) in [4.78, 5) is 14.8. The minimum absolute atomic E-state index is 0.220. The zero-order valence-electron chi connectivity index (χ0n) is 9.93. The van der Waals surface area contributed by atoms with Crippen LogP contribution >= 0.6 is 0 Å². The van der Waals surface area contributed by atoms with Crippen LogP contribution in [0.5, 0.6) is 0 Å². The summed E-state index contributed by atoms with van der Waals surface area (Å²) in [6.07, 6.45) is 0.780. The maximum atomic E-state index is 10.4. The Morgan fingerprint density at radius 3 is 2.31 bits per heavy atom. The van der Waals surface area contributed by atoms with Crippen LogP contribution in [0.2, 0.25) is 0 Å². The van der Waals surface area contributed by atoms with Crippen LogP contribution in [0.3, 0.4) is 0 Å². The van der Waals surface area contributed by atoms with Crippen LogP contribution in [0.25, 0.3) is 0 Å². The summed E-state index contributed by atoms with van der Waals surface area (Å²) < 4.78 is 0. The number of aliphatic hydroxyl groups excluding tert-OH is 1. The average Bonchev–Trinajstić information content (AvgIpc) is 2.28. The number of aliphatic carboxylic acids is 1. The zero-order valence-corrected chi connectivity index (χ0v) is 9.93. The Bertz CT molecular complexity index is 215. The van der Waals surface area contributed by atoms with Gasteiger partial charge in [-0.05, 0) is 6.42 Å². The van der Waals surface area contributed by atoms with E-state index in [0.29, 0.717) is 6.54 Å². The van der Waals surface area contributed by atoms with Gasteiger partial charge in [0.05, 0.1) is 12.5 Å². The Labute approximate surface area is 96.7 Å². The molecule has 0 aromatic heterocycles. The van der Waals surface area contributed by atoms with Crippen molar-refractivity contribution in [1.82, 2.24) is 9.80 Å². The lowest BCUT2D eigenvalue weighted by atomic mass is 10.2. The van der Waals surface area contributed by atoms with Gasteiger partial charge in [0.25, 0.3) is 0 Å². The van der Waals surface area contributed by atoms with E-state index in [4.69, 9.17) is 5.11 Å². The van der Waals surface area contributed by atoms with Crippen molar-refractivity contribution in [3.05, 3.63) is 0 Å². The van der Waals surface area contributed by atoms with E-state index < -0.39 is 5.97 Å². The number of carbonyl (C=O) groups is 1. The summed E-state index contributed by atoms with van der Waals surface area (Å²) in [6.45, 7) is 7.03. The summed E-state index contributed by atoms with van der Waals surface area (Å²) in [5.41, 5.74) is 0. The van der Waals surface area contributed by atoms with E-state index in [9.17, 15) is 9.90 Å². The number of β-amino-alcohol motifs (C(OH)–C–C–N with tert-alkyl or cyclic N) is 1. The standard InChI is InChI=1S/C11H22N2O3/c1-2-10(14)9-13-7-5-12(6-8-13)4-3-11(15)16/h10,14H,2-9H2,1H3,(H,15,16). The number of aliphatic hydroxyl groups is 1. The topological polar surface area (TPSA) is 64.0 Å². The van der Waals surface area contributed by atoms with E-state index in [1.54, 1.807) is 0 Å². The molecule has 2 N–H and O–H groups in total. The van der Waals surface area contributed by atoms with Gasteiger partial charge >= 0.3 is 5.97 Å². The number of nitrogens with zero attached hydrogens (tertiary/aromatic N) is 2. The lowest BCUT2D eigenvalue weighted by molar-refractivity contribution is -0.137. The first kappa shape index (κ1) is 13.4. The number of hydrogen-bond donors (Lipinski definition) is 2. The van der Waals surface area contributed by atoms with Gasteiger partial charge in [0.2, 0.25) is 0 Å². The van der Waals surface area contributed by atoms with Crippen molar-refractivity contribution < 1.29 is 15.0 Å². The molecule has 0 aliphatic carbocycles. The Kier molecular flexibility index (Phi) is 5.73. The van der Waals surface area contributed by atoms with Gasteiger partial charge < -0.3 is 15.1 Å². The van der Waals surface area contributed by atoms with Crippen molar-refractivity contribution in [3.8, 4) is 0 Å². The largest absolute Gasteiger partial charge is 0.481 e. The molecule has 0 aromatic rings. The molecule has 1 rings (SSSR count). The quantitative estimate of drug-likeness (QED) is 0.664. The van der Waals surface area contributed by atoms with Crippen molar-refractivity contribution >= 4 is 5.97 Å². The summed E-state index contributed by atoms with van der Waals surface area (Å²) in [5, 5.41) is 18.1. The molecule has 1 atom stereocenters. The molecule has 1 aliphatic heterocycles. The smallest absolute Gasteiger partial charge is 0.304 e. The molecule has 0 bridgehead atoms. The number of rotatable bonds is 6. The minimum atomic E-state index is -0.733. The van der Waals surface area contributed by atoms with Gasteiger partial charge in [-0.25, -0.2) is 0 Å². The fourth-order valence-corrected chi connectivity index (χ4v) is 1.88. The molecule has 1 unspecified atom stereocenters. The lowest BCUT2D eigenvalue weighted by Crippen LogP contribution is -2.48. The predicted octanol–water partition coefficient (Wildman–Crippen LogP) is -0.150. The molecule has 5 heteroatoms. The van der Waals surface area contributed by atoms with Crippen LogP contribution in [0, 0.1) is 0 Å². The van der Waals surface area contributed by atoms with Crippen LogP contribution in [-0.2, 0) is 4.79 Å². The molecule has 0 spiro atoms. The van der Waals surface area contributed by atoms with Gasteiger partial charge in [0.1, 0.15) is 0 Å². The molecular formula is C11H22N2O3. The molecule has 16 heavy (non-hydrogen) atoms. The highest BCUT2D eigenvalue weighted by Gasteiger charge is 2.18. The molecule has 0 saturated carbocycles. The maximum absolute atomic E-state index is 10.4. The van der Waals surface area contributed by atoms with Crippen molar-refractivity contribution in [2.45, 2.75) is 25.9 Å². The van der Waals surface area contributed by atoms with E-state index in [1.807, 2.05) is 6.92 Å². The van der Waals surface area contributed by atoms with Crippen LogP contribution in [0.15, 0.2) is 0 Å². The first-order valence-electron chi connectivity index (χ1n) is 5.96. The molecule has 0 radical (unpaired) electrons. The molecule has 1 saturated heterocycles. The summed E-state index contributed by atoms with van der Waals surface area (Å²) in [7, 11) is 0. The first-order chi connectivity index (χ1) is 7.61. The van der Waals surface area contributed by atoms with Crippen molar-refractivity contribution in [1.29, 1.82) is 0 Å². The molecule has 94 valence electrons. The van der Waals surface area contributed by atoms with Crippen LogP contribution < -0.4 is 0 Å². The SMILES string of the molecule is CCC(O)CN1CCN(CCC(=O)O)CC1. The normalized spacial score (nSPS) is 20.9. The van der Waals surface area contributed by atoms with E-state index in [1.165, 1.54) is 0 Å². The van der Waals surface area contributed by atoms with E-state index in [0.717, 1.165) is 39.1 Å². The molecule has 0 aromatic carbocycles. The average molecular weight is 230 g/mol. The third-order valence-electron chi connectivity index (χ3n) is 3.05. The highest BCUT2D eigenvalue weighted by Crippen LogP contribution is 2.04. The molecule has 0 amide bonds. The highest BCUT2D eigenvalue weighted by atomic mass is 16.4. The number of piperazine rings is 1. The third kappa shape index (κ3) is 4.92. The fraction of sp³-hybridized carbons (Fsp3) is 0.909. The first-order valence-corrected chi connectivity index (χ1v) is 5.96. The van der Waals surface area contributed by atoms with Crippen LogP contribution in [0.1, 0.15) is 19.8 Å². The van der Waals surface area contributed by atoms with E-state index >= 15 is 0 Å².